The van der Waals surface area contributed by atoms with E-state index in [0.717, 1.165) is 18.4 Å². The molecule has 0 N–H and O–H groups in total. The van der Waals surface area contributed by atoms with Crippen LogP contribution in [0.5, 0.6) is 0 Å². The van der Waals surface area contributed by atoms with Gasteiger partial charge in [-0.15, -0.1) is 13.2 Å². The van der Waals surface area contributed by atoms with Crippen LogP contribution in [0.4, 0.5) is 0 Å². The van der Waals surface area contributed by atoms with Gasteiger partial charge in [-0.3, -0.25) is 4.79 Å². The number of hydrogen-bond acceptors (Lipinski definition) is 2. The summed E-state index contributed by atoms with van der Waals surface area (Å²) in [6, 6.07) is 0. The Labute approximate surface area is 99.4 Å². The normalized spacial score (nSPS) is 14.3. The van der Waals surface area contributed by atoms with Crippen molar-refractivity contribution in [2.24, 2.45) is 17.8 Å². The molecule has 0 radical (unpaired) electrons. The lowest BCUT2D eigenvalue weighted by atomic mass is 9.80. The maximum Gasteiger partial charge on any atom is 0.309 e. The zero-order valence-electron chi connectivity index (χ0n) is 11.0. The van der Waals surface area contributed by atoms with Gasteiger partial charge in [-0.25, -0.2) is 0 Å². The summed E-state index contributed by atoms with van der Waals surface area (Å²) in [4.78, 5) is 11.7. The van der Waals surface area contributed by atoms with Crippen LogP contribution in [-0.2, 0) is 9.53 Å². The summed E-state index contributed by atoms with van der Waals surface area (Å²) in [5, 5.41) is 0. The molecule has 0 saturated heterocycles. The Morgan fingerprint density at radius 3 is 2.31 bits per heavy atom. The third kappa shape index (κ3) is 4.65. The van der Waals surface area contributed by atoms with Gasteiger partial charge in [0.1, 0.15) is 0 Å². The topological polar surface area (TPSA) is 26.3 Å². The number of carbonyl (C=O) groups excluding carboxylic acids is 1. The molecule has 0 heterocycles. The van der Waals surface area contributed by atoms with Crippen LogP contribution in [-0.4, -0.2) is 13.1 Å². The summed E-state index contributed by atoms with van der Waals surface area (Å²) in [6.45, 7) is 13.8. The second kappa shape index (κ2) is 7.26. The van der Waals surface area contributed by atoms with E-state index in [1.807, 2.05) is 26.8 Å². The van der Waals surface area contributed by atoms with Crippen molar-refractivity contribution in [1.29, 1.82) is 0 Å². The second-order valence-electron chi connectivity index (χ2n) is 4.69. The molecule has 2 nitrogen and oxygen atoms in total. The first-order chi connectivity index (χ1) is 7.43. The van der Waals surface area contributed by atoms with Crippen molar-refractivity contribution in [3.63, 3.8) is 0 Å². The largest absolute Gasteiger partial charge is 0.469 e. The fraction of sp³-hybridized carbons (Fsp3) is 0.643. The fourth-order valence-corrected chi connectivity index (χ4v) is 1.93. The van der Waals surface area contributed by atoms with Crippen molar-refractivity contribution in [1.82, 2.24) is 0 Å². The first-order valence-corrected chi connectivity index (χ1v) is 5.78. The molecule has 2 atom stereocenters. The molecule has 0 aliphatic heterocycles. The summed E-state index contributed by atoms with van der Waals surface area (Å²) in [5.74, 6) is 0.202. The lowest BCUT2D eigenvalue weighted by molar-refractivity contribution is -0.148. The minimum Gasteiger partial charge on any atom is -0.469 e. The summed E-state index contributed by atoms with van der Waals surface area (Å²) >= 11 is 0. The van der Waals surface area contributed by atoms with Gasteiger partial charge in [-0.2, -0.15) is 0 Å². The Bertz CT molecular complexity index is 253. The van der Waals surface area contributed by atoms with E-state index < -0.39 is 0 Å². The summed E-state index contributed by atoms with van der Waals surface area (Å²) in [7, 11) is 1.44. The average Bonchev–Trinajstić information content (AvgIpc) is 2.22. The molecule has 0 saturated carbocycles. The highest BCUT2D eigenvalue weighted by Gasteiger charge is 2.29. The average molecular weight is 224 g/mol. The number of hydrogen-bond donors (Lipinski definition) is 0. The highest BCUT2D eigenvalue weighted by molar-refractivity contribution is 5.73. The van der Waals surface area contributed by atoms with E-state index in [4.69, 9.17) is 4.74 Å². The molecule has 0 aromatic carbocycles. The molecule has 92 valence electrons. The van der Waals surface area contributed by atoms with E-state index in [9.17, 15) is 4.79 Å². The molecule has 0 spiro atoms. The quantitative estimate of drug-likeness (QED) is 0.488. The Morgan fingerprint density at radius 2 is 2.00 bits per heavy atom. The Kier molecular flexibility index (Phi) is 6.78. The third-order valence-corrected chi connectivity index (χ3v) is 2.86. The van der Waals surface area contributed by atoms with Gasteiger partial charge >= 0.3 is 5.97 Å². The van der Waals surface area contributed by atoms with Crippen LogP contribution in [0.3, 0.4) is 0 Å². The van der Waals surface area contributed by atoms with Gasteiger partial charge in [0.2, 0.25) is 0 Å². The first kappa shape index (κ1) is 14.9. The van der Waals surface area contributed by atoms with Gasteiger partial charge in [0.25, 0.3) is 0 Å². The summed E-state index contributed by atoms with van der Waals surface area (Å²) in [5.41, 5.74) is 1.14. The summed E-state index contributed by atoms with van der Waals surface area (Å²) < 4.78 is 4.85. The van der Waals surface area contributed by atoms with E-state index in [0.29, 0.717) is 0 Å². The van der Waals surface area contributed by atoms with Crippen LogP contribution < -0.4 is 0 Å². The van der Waals surface area contributed by atoms with Crippen molar-refractivity contribution in [3.05, 3.63) is 24.8 Å². The van der Waals surface area contributed by atoms with Crippen LogP contribution in [0, 0.1) is 17.8 Å². The standard InChI is InChI=1S/C14H24O2/c1-7-12(9-8-10(2)3)13(11(4)5)14(15)16-6/h7,11-13H,1-2,8-9H2,3-6H3. The minimum atomic E-state index is -0.137. The zero-order valence-corrected chi connectivity index (χ0v) is 11.0. The fourth-order valence-electron chi connectivity index (χ4n) is 1.93. The van der Waals surface area contributed by atoms with E-state index >= 15 is 0 Å². The number of esters is 1. The highest BCUT2D eigenvalue weighted by Crippen LogP contribution is 2.28. The van der Waals surface area contributed by atoms with Crippen LogP contribution in [0.25, 0.3) is 0 Å². The maximum atomic E-state index is 11.7. The minimum absolute atomic E-state index is 0.0955. The van der Waals surface area contributed by atoms with E-state index in [-0.39, 0.29) is 23.7 Å². The first-order valence-electron chi connectivity index (χ1n) is 5.78. The van der Waals surface area contributed by atoms with Gasteiger partial charge in [-0.05, 0) is 31.6 Å². The number of rotatable bonds is 7. The zero-order chi connectivity index (χ0) is 12.7. The van der Waals surface area contributed by atoms with Crippen molar-refractivity contribution < 1.29 is 9.53 Å². The molecular weight excluding hydrogens is 200 g/mol. The third-order valence-electron chi connectivity index (χ3n) is 2.86. The van der Waals surface area contributed by atoms with Crippen molar-refractivity contribution in [2.75, 3.05) is 7.11 Å². The smallest absolute Gasteiger partial charge is 0.309 e. The molecule has 2 heteroatoms. The van der Waals surface area contributed by atoms with Gasteiger partial charge in [-0.1, -0.05) is 25.5 Å². The van der Waals surface area contributed by atoms with Gasteiger partial charge < -0.3 is 4.74 Å². The molecule has 0 aliphatic carbocycles. The number of methoxy groups -OCH3 is 1. The molecule has 0 aromatic rings. The Balaban J connectivity index is 4.64. The van der Waals surface area contributed by atoms with Crippen LogP contribution >= 0.6 is 0 Å². The van der Waals surface area contributed by atoms with Crippen molar-refractivity contribution in [2.45, 2.75) is 33.6 Å². The van der Waals surface area contributed by atoms with Crippen LogP contribution in [0.1, 0.15) is 33.6 Å². The van der Waals surface area contributed by atoms with Crippen LogP contribution in [0.2, 0.25) is 0 Å². The molecule has 0 fully saturated rings. The Morgan fingerprint density at radius 1 is 1.44 bits per heavy atom. The maximum absolute atomic E-state index is 11.7. The predicted octanol–water partition coefficient (Wildman–Crippen LogP) is 3.59. The van der Waals surface area contributed by atoms with Crippen LogP contribution in [0.15, 0.2) is 24.8 Å². The second-order valence-corrected chi connectivity index (χ2v) is 4.69. The lowest BCUT2D eigenvalue weighted by Gasteiger charge is -2.25. The Hall–Kier alpha value is -1.05. The molecule has 0 rings (SSSR count). The van der Waals surface area contributed by atoms with Crippen molar-refractivity contribution in [3.8, 4) is 0 Å². The van der Waals surface area contributed by atoms with E-state index in [1.54, 1.807) is 0 Å². The summed E-state index contributed by atoms with van der Waals surface area (Å²) in [6.07, 6.45) is 3.71. The molecule has 16 heavy (non-hydrogen) atoms. The van der Waals surface area contributed by atoms with Gasteiger partial charge in [0, 0.05) is 0 Å². The highest BCUT2D eigenvalue weighted by atomic mass is 16.5. The molecule has 2 unspecified atom stereocenters. The number of allylic oxidation sites excluding steroid dienone is 2. The van der Waals surface area contributed by atoms with Gasteiger partial charge in [0.05, 0.1) is 13.0 Å². The lowest BCUT2D eigenvalue weighted by Crippen LogP contribution is -2.28. The molecule has 0 bridgehead atoms. The van der Waals surface area contributed by atoms with E-state index in [1.165, 1.54) is 7.11 Å². The molecule has 0 aromatic heterocycles. The molecular formula is C14H24O2. The number of carbonyl (C=O) groups is 1. The molecule has 0 amide bonds. The van der Waals surface area contributed by atoms with Crippen molar-refractivity contribution >= 4 is 5.97 Å². The van der Waals surface area contributed by atoms with Gasteiger partial charge in [0.15, 0.2) is 0 Å². The van der Waals surface area contributed by atoms with E-state index in [2.05, 4.69) is 13.2 Å². The number of ether oxygens (including phenoxy) is 1. The molecule has 0 aliphatic rings. The monoisotopic (exact) mass is 224 g/mol. The predicted molar refractivity (Wildman–Crippen MR) is 68.1 cm³/mol. The SMILES string of the molecule is C=CC(CCC(=C)C)C(C(=O)OC)C(C)C.